The van der Waals surface area contributed by atoms with E-state index in [4.69, 9.17) is 4.42 Å². The monoisotopic (exact) mass is 300 g/mol. The summed E-state index contributed by atoms with van der Waals surface area (Å²) in [6, 6.07) is 14.1. The number of rotatable bonds is 4. The zero-order valence-electron chi connectivity index (χ0n) is 10.9. The summed E-state index contributed by atoms with van der Waals surface area (Å²) in [5.41, 5.74) is 1.47. The maximum absolute atomic E-state index is 9.76. The summed E-state index contributed by atoms with van der Waals surface area (Å²) in [4.78, 5) is 0. The van der Waals surface area contributed by atoms with E-state index in [0.717, 1.165) is 5.56 Å². The first-order chi connectivity index (χ1) is 10.2. The average Bonchev–Trinajstić information content (AvgIpc) is 2.97. The summed E-state index contributed by atoms with van der Waals surface area (Å²) in [6.07, 6.45) is 0. The molecule has 0 unspecified atom stereocenters. The van der Waals surface area contributed by atoms with Crippen LogP contribution in [0.25, 0.3) is 11.5 Å². The van der Waals surface area contributed by atoms with Gasteiger partial charge in [-0.15, -0.1) is 10.2 Å². The highest BCUT2D eigenvalue weighted by Crippen LogP contribution is 2.33. The molecule has 0 aliphatic carbocycles. The quantitative estimate of drug-likeness (QED) is 0.567. The lowest BCUT2D eigenvalue weighted by atomic mass is 10.2. The molecule has 106 valence electrons. The molecule has 5 nitrogen and oxygen atoms in total. The molecule has 0 fully saturated rings. The number of phenolic OH excluding ortho intramolecular Hbond substituents is 2. The molecule has 3 aromatic rings. The van der Waals surface area contributed by atoms with Crippen LogP contribution in [0.2, 0.25) is 0 Å². The van der Waals surface area contributed by atoms with E-state index in [1.165, 1.54) is 30.0 Å². The summed E-state index contributed by atoms with van der Waals surface area (Å²) in [7, 11) is 0. The first-order valence-corrected chi connectivity index (χ1v) is 7.23. The van der Waals surface area contributed by atoms with Crippen molar-refractivity contribution in [1.82, 2.24) is 10.2 Å². The van der Waals surface area contributed by atoms with Crippen molar-refractivity contribution in [2.75, 3.05) is 0 Å². The normalized spacial score (nSPS) is 10.7. The molecule has 0 aliphatic heterocycles. The van der Waals surface area contributed by atoms with Gasteiger partial charge < -0.3 is 14.6 Å². The minimum atomic E-state index is -0.0175. The van der Waals surface area contributed by atoms with Crippen molar-refractivity contribution in [2.24, 2.45) is 0 Å². The Morgan fingerprint density at radius 2 is 1.81 bits per heavy atom. The summed E-state index contributed by atoms with van der Waals surface area (Å²) in [5, 5.41) is 27.4. The van der Waals surface area contributed by atoms with Crippen molar-refractivity contribution in [2.45, 2.75) is 11.0 Å². The molecule has 0 spiro atoms. The second-order valence-corrected chi connectivity index (χ2v) is 5.28. The molecule has 2 aromatic carbocycles. The molecule has 0 saturated heterocycles. The largest absolute Gasteiger partial charge is 0.508 e. The van der Waals surface area contributed by atoms with Crippen molar-refractivity contribution in [3.63, 3.8) is 0 Å². The van der Waals surface area contributed by atoms with E-state index in [9.17, 15) is 10.2 Å². The Labute approximate surface area is 125 Å². The van der Waals surface area contributed by atoms with Crippen LogP contribution in [0.15, 0.2) is 58.2 Å². The van der Waals surface area contributed by atoms with Crippen LogP contribution in [-0.2, 0) is 5.75 Å². The lowest BCUT2D eigenvalue weighted by Gasteiger charge is -2.00. The van der Waals surface area contributed by atoms with E-state index in [2.05, 4.69) is 10.2 Å². The van der Waals surface area contributed by atoms with Gasteiger partial charge in [-0.2, -0.15) is 0 Å². The Balaban J connectivity index is 1.76. The molecule has 0 bridgehead atoms. The van der Waals surface area contributed by atoms with Gasteiger partial charge in [0, 0.05) is 5.75 Å². The highest BCUT2D eigenvalue weighted by Gasteiger charge is 2.13. The molecular weight excluding hydrogens is 288 g/mol. The highest BCUT2D eigenvalue weighted by molar-refractivity contribution is 7.98. The zero-order valence-corrected chi connectivity index (χ0v) is 11.7. The van der Waals surface area contributed by atoms with Crippen LogP contribution in [0, 0.1) is 0 Å². The average molecular weight is 300 g/mol. The lowest BCUT2D eigenvalue weighted by Crippen LogP contribution is -1.79. The fourth-order valence-electron chi connectivity index (χ4n) is 1.79. The number of hydrogen-bond acceptors (Lipinski definition) is 6. The van der Waals surface area contributed by atoms with Gasteiger partial charge in [-0.3, -0.25) is 0 Å². The van der Waals surface area contributed by atoms with Crippen molar-refractivity contribution in [3.05, 3.63) is 54.1 Å². The van der Waals surface area contributed by atoms with Crippen LogP contribution < -0.4 is 0 Å². The first kappa shape index (κ1) is 13.5. The number of benzene rings is 2. The third-order valence-corrected chi connectivity index (χ3v) is 3.71. The van der Waals surface area contributed by atoms with Crippen molar-refractivity contribution in [3.8, 4) is 23.0 Å². The second kappa shape index (κ2) is 5.88. The Kier molecular flexibility index (Phi) is 3.79. The fraction of sp³-hybridized carbons (Fsp3) is 0.0667. The van der Waals surface area contributed by atoms with Gasteiger partial charge in [0.05, 0.1) is 5.56 Å². The van der Waals surface area contributed by atoms with Crippen LogP contribution in [0.4, 0.5) is 0 Å². The smallest absolute Gasteiger partial charge is 0.277 e. The van der Waals surface area contributed by atoms with Crippen molar-refractivity contribution < 1.29 is 14.6 Å². The van der Waals surface area contributed by atoms with Gasteiger partial charge in [0.2, 0.25) is 0 Å². The van der Waals surface area contributed by atoms with Crippen LogP contribution in [0.1, 0.15) is 5.56 Å². The Morgan fingerprint density at radius 3 is 2.62 bits per heavy atom. The zero-order chi connectivity index (χ0) is 14.7. The molecule has 1 aromatic heterocycles. The Hall–Kier alpha value is -2.47. The summed E-state index contributed by atoms with van der Waals surface area (Å²) >= 11 is 1.41. The van der Waals surface area contributed by atoms with Gasteiger partial charge in [0.15, 0.2) is 0 Å². The molecule has 21 heavy (non-hydrogen) atoms. The first-order valence-electron chi connectivity index (χ1n) is 6.25. The Morgan fingerprint density at radius 1 is 1.00 bits per heavy atom. The van der Waals surface area contributed by atoms with E-state index >= 15 is 0 Å². The van der Waals surface area contributed by atoms with Gasteiger partial charge in [0.25, 0.3) is 11.1 Å². The summed E-state index contributed by atoms with van der Waals surface area (Å²) < 4.78 is 5.50. The van der Waals surface area contributed by atoms with E-state index < -0.39 is 0 Å². The lowest BCUT2D eigenvalue weighted by molar-refractivity contribution is 0.446. The van der Waals surface area contributed by atoms with E-state index in [-0.39, 0.29) is 17.4 Å². The maximum Gasteiger partial charge on any atom is 0.277 e. The van der Waals surface area contributed by atoms with Crippen LogP contribution in [0.5, 0.6) is 11.5 Å². The molecule has 0 aliphatic rings. The number of phenols is 2. The van der Waals surface area contributed by atoms with Crippen molar-refractivity contribution >= 4 is 11.8 Å². The Bertz CT molecular complexity index is 744. The van der Waals surface area contributed by atoms with Crippen LogP contribution in [-0.4, -0.2) is 20.4 Å². The molecule has 0 atom stereocenters. The number of thioether (sulfide) groups is 1. The van der Waals surface area contributed by atoms with E-state index in [0.29, 0.717) is 16.5 Å². The van der Waals surface area contributed by atoms with Crippen LogP contribution >= 0.6 is 11.8 Å². The number of aromatic nitrogens is 2. The van der Waals surface area contributed by atoms with Gasteiger partial charge in [0.1, 0.15) is 11.5 Å². The molecule has 2 N–H and O–H groups in total. The van der Waals surface area contributed by atoms with Gasteiger partial charge in [-0.05, 0) is 23.8 Å². The SMILES string of the molecule is Oc1ccc(O)c(-c2nnc(SCc3ccccc3)o2)c1. The summed E-state index contributed by atoms with van der Waals surface area (Å²) in [5.74, 6) is 0.906. The minimum absolute atomic E-state index is 0.0175. The van der Waals surface area contributed by atoms with Gasteiger partial charge in [-0.1, -0.05) is 42.1 Å². The maximum atomic E-state index is 9.76. The molecule has 0 saturated carbocycles. The topological polar surface area (TPSA) is 79.4 Å². The molecule has 6 heteroatoms. The van der Waals surface area contributed by atoms with Crippen LogP contribution in [0.3, 0.4) is 0 Å². The fourth-order valence-corrected chi connectivity index (χ4v) is 2.51. The standard InChI is InChI=1S/C15H12N2O3S/c18-11-6-7-13(19)12(8-11)14-16-17-15(20-14)21-9-10-4-2-1-3-5-10/h1-8,18-19H,9H2. The van der Waals surface area contributed by atoms with E-state index in [1.807, 2.05) is 30.3 Å². The number of hydrogen-bond donors (Lipinski definition) is 2. The number of aromatic hydroxyl groups is 2. The third kappa shape index (κ3) is 3.17. The van der Waals surface area contributed by atoms with Gasteiger partial charge in [-0.25, -0.2) is 0 Å². The molecule has 1 heterocycles. The number of nitrogens with zero attached hydrogens (tertiary/aromatic N) is 2. The molecular formula is C15H12N2O3S. The predicted octanol–water partition coefficient (Wildman–Crippen LogP) is 3.44. The summed E-state index contributed by atoms with van der Waals surface area (Å²) in [6.45, 7) is 0. The third-order valence-electron chi connectivity index (χ3n) is 2.82. The highest BCUT2D eigenvalue weighted by atomic mass is 32.2. The molecule has 3 rings (SSSR count). The van der Waals surface area contributed by atoms with E-state index in [1.54, 1.807) is 0 Å². The minimum Gasteiger partial charge on any atom is -0.508 e. The van der Waals surface area contributed by atoms with Crippen molar-refractivity contribution in [1.29, 1.82) is 0 Å². The van der Waals surface area contributed by atoms with Gasteiger partial charge >= 0.3 is 0 Å². The molecule has 0 amide bonds. The predicted molar refractivity (Wildman–Crippen MR) is 79.1 cm³/mol. The second-order valence-electron chi connectivity index (χ2n) is 4.35. The molecule has 0 radical (unpaired) electrons.